The standard InChI is InChI=1S/C18H17ClN2OS/c1-13-6-8-14(9-7-13)20-18-21(10-11-22)17(12-23-18)15-4-2-3-5-16(15)19/h2-9,12,22H,10-11H2,1H3. The highest BCUT2D eigenvalue weighted by molar-refractivity contribution is 7.07. The van der Waals surface area contributed by atoms with E-state index in [2.05, 4.69) is 6.92 Å². The van der Waals surface area contributed by atoms with Gasteiger partial charge >= 0.3 is 0 Å². The number of aliphatic hydroxyl groups is 1. The van der Waals surface area contributed by atoms with Crippen LogP contribution >= 0.6 is 22.9 Å². The van der Waals surface area contributed by atoms with Gasteiger partial charge in [0.05, 0.1) is 18.0 Å². The average molecular weight is 345 g/mol. The molecule has 3 rings (SSSR count). The van der Waals surface area contributed by atoms with Crippen LogP contribution in [-0.2, 0) is 6.54 Å². The molecule has 0 aliphatic heterocycles. The van der Waals surface area contributed by atoms with Gasteiger partial charge in [-0.3, -0.25) is 0 Å². The Morgan fingerprint density at radius 1 is 1.13 bits per heavy atom. The molecule has 0 bridgehead atoms. The molecule has 3 nitrogen and oxygen atoms in total. The molecule has 0 saturated heterocycles. The molecule has 1 heterocycles. The molecule has 1 aromatic heterocycles. The third-order valence-corrected chi connectivity index (χ3v) is 4.72. The fraction of sp³-hybridized carbons (Fsp3) is 0.167. The number of hydrogen-bond donors (Lipinski definition) is 1. The molecular weight excluding hydrogens is 328 g/mol. The fourth-order valence-electron chi connectivity index (χ4n) is 2.35. The van der Waals surface area contributed by atoms with E-state index in [1.165, 1.54) is 5.56 Å². The fourth-order valence-corrected chi connectivity index (χ4v) is 3.53. The van der Waals surface area contributed by atoms with E-state index in [1.54, 1.807) is 11.3 Å². The van der Waals surface area contributed by atoms with Gasteiger partial charge in [0.2, 0.25) is 0 Å². The Morgan fingerprint density at radius 3 is 2.57 bits per heavy atom. The lowest BCUT2D eigenvalue weighted by atomic mass is 10.2. The number of nitrogens with zero attached hydrogens (tertiary/aromatic N) is 2. The van der Waals surface area contributed by atoms with Gasteiger partial charge in [-0.1, -0.05) is 47.5 Å². The first kappa shape index (κ1) is 16.0. The van der Waals surface area contributed by atoms with Crippen LogP contribution in [-0.4, -0.2) is 16.3 Å². The van der Waals surface area contributed by atoms with Crippen LogP contribution in [0.5, 0.6) is 0 Å². The Morgan fingerprint density at radius 2 is 1.87 bits per heavy atom. The summed E-state index contributed by atoms with van der Waals surface area (Å²) >= 11 is 7.86. The van der Waals surface area contributed by atoms with Crippen molar-refractivity contribution in [3.8, 4) is 11.3 Å². The van der Waals surface area contributed by atoms with E-state index in [9.17, 15) is 5.11 Å². The molecule has 0 aliphatic carbocycles. The van der Waals surface area contributed by atoms with Gasteiger partial charge in [-0.15, -0.1) is 11.3 Å². The summed E-state index contributed by atoms with van der Waals surface area (Å²) in [7, 11) is 0. The second-order valence-electron chi connectivity index (χ2n) is 5.21. The zero-order valence-corrected chi connectivity index (χ0v) is 14.3. The maximum absolute atomic E-state index is 9.41. The lowest BCUT2D eigenvalue weighted by Gasteiger charge is -2.08. The molecule has 2 aromatic carbocycles. The van der Waals surface area contributed by atoms with E-state index in [-0.39, 0.29) is 6.61 Å². The number of rotatable bonds is 4. The highest BCUT2D eigenvalue weighted by Crippen LogP contribution is 2.28. The normalized spacial score (nSPS) is 11.9. The molecule has 5 heteroatoms. The maximum Gasteiger partial charge on any atom is 0.190 e. The first-order valence-corrected chi connectivity index (χ1v) is 8.60. The summed E-state index contributed by atoms with van der Waals surface area (Å²) in [5.74, 6) is 0. The minimum atomic E-state index is 0.0509. The molecular formula is C18H17ClN2OS. The van der Waals surface area contributed by atoms with Gasteiger partial charge in [-0.25, -0.2) is 4.99 Å². The molecule has 0 spiro atoms. The number of benzene rings is 2. The number of aryl methyl sites for hydroxylation is 1. The highest BCUT2D eigenvalue weighted by atomic mass is 35.5. The summed E-state index contributed by atoms with van der Waals surface area (Å²) in [6.07, 6.45) is 0. The Hall–Kier alpha value is -1.88. The van der Waals surface area contributed by atoms with Crippen LogP contribution in [0.3, 0.4) is 0 Å². The third kappa shape index (κ3) is 3.55. The molecule has 3 aromatic rings. The molecule has 118 valence electrons. The predicted molar refractivity (Wildman–Crippen MR) is 96.2 cm³/mol. The second kappa shape index (κ2) is 7.13. The Labute approximate surface area is 144 Å². The SMILES string of the molecule is Cc1ccc(N=c2scc(-c3ccccc3Cl)n2CCO)cc1. The van der Waals surface area contributed by atoms with Crippen molar-refractivity contribution < 1.29 is 5.11 Å². The van der Waals surface area contributed by atoms with Crippen molar-refractivity contribution in [1.82, 2.24) is 4.57 Å². The molecule has 1 N–H and O–H groups in total. The molecule has 0 atom stereocenters. The molecule has 0 fully saturated rings. The summed E-state index contributed by atoms with van der Waals surface area (Å²) in [5, 5.41) is 12.1. The van der Waals surface area contributed by atoms with Gasteiger partial charge in [-0.2, -0.15) is 0 Å². The molecule has 0 amide bonds. The van der Waals surface area contributed by atoms with Crippen molar-refractivity contribution in [3.05, 3.63) is 69.3 Å². The summed E-state index contributed by atoms with van der Waals surface area (Å²) in [5.41, 5.74) is 4.02. The molecule has 0 radical (unpaired) electrons. The summed E-state index contributed by atoms with van der Waals surface area (Å²) in [6.45, 7) is 2.58. The quantitative estimate of drug-likeness (QED) is 0.748. The average Bonchev–Trinajstić information content (AvgIpc) is 2.93. The Kier molecular flexibility index (Phi) is 4.96. The minimum absolute atomic E-state index is 0.0509. The monoisotopic (exact) mass is 344 g/mol. The lowest BCUT2D eigenvalue weighted by Crippen LogP contribution is -2.17. The van der Waals surface area contributed by atoms with Crippen LogP contribution in [0.15, 0.2) is 58.9 Å². The van der Waals surface area contributed by atoms with Gasteiger partial charge < -0.3 is 9.67 Å². The van der Waals surface area contributed by atoms with Crippen molar-refractivity contribution in [2.24, 2.45) is 4.99 Å². The van der Waals surface area contributed by atoms with Crippen molar-refractivity contribution in [2.45, 2.75) is 13.5 Å². The molecule has 0 saturated carbocycles. The van der Waals surface area contributed by atoms with Crippen molar-refractivity contribution in [3.63, 3.8) is 0 Å². The maximum atomic E-state index is 9.41. The van der Waals surface area contributed by atoms with Gasteiger partial charge in [0.25, 0.3) is 0 Å². The zero-order valence-electron chi connectivity index (χ0n) is 12.7. The summed E-state index contributed by atoms with van der Waals surface area (Å²) in [4.78, 5) is 5.55. The zero-order chi connectivity index (χ0) is 16.2. The van der Waals surface area contributed by atoms with E-state index >= 15 is 0 Å². The lowest BCUT2D eigenvalue weighted by molar-refractivity contribution is 0.275. The summed E-state index contributed by atoms with van der Waals surface area (Å²) in [6, 6.07) is 15.8. The molecule has 0 aliphatic rings. The van der Waals surface area contributed by atoms with Crippen LogP contribution in [0.4, 0.5) is 5.69 Å². The first-order valence-electron chi connectivity index (χ1n) is 7.34. The number of hydrogen-bond acceptors (Lipinski definition) is 3. The van der Waals surface area contributed by atoms with E-state index in [0.717, 1.165) is 21.7 Å². The van der Waals surface area contributed by atoms with Crippen molar-refractivity contribution in [1.29, 1.82) is 0 Å². The third-order valence-electron chi connectivity index (χ3n) is 3.53. The Bertz CT molecular complexity index is 865. The largest absolute Gasteiger partial charge is 0.395 e. The number of aromatic nitrogens is 1. The van der Waals surface area contributed by atoms with Gasteiger partial charge in [-0.05, 0) is 25.1 Å². The number of thiazole rings is 1. The first-order chi connectivity index (χ1) is 11.2. The smallest absolute Gasteiger partial charge is 0.190 e. The van der Waals surface area contributed by atoms with E-state index in [0.29, 0.717) is 11.6 Å². The van der Waals surface area contributed by atoms with Crippen LogP contribution in [0, 0.1) is 6.92 Å². The van der Waals surface area contributed by atoms with Gasteiger partial charge in [0.1, 0.15) is 0 Å². The minimum Gasteiger partial charge on any atom is -0.395 e. The Balaban J connectivity index is 2.12. The van der Waals surface area contributed by atoms with Crippen molar-refractivity contribution >= 4 is 28.6 Å². The van der Waals surface area contributed by atoms with Crippen LogP contribution in [0.1, 0.15) is 5.56 Å². The van der Waals surface area contributed by atoms with Gasteiger partial charge in [0, 0.05) is 22.5 Å². The second-order valence-corrected chi connectivity index (χ2v) is 6.45. The number of halogens is 1. The predicted octanol–water partition coefficient (Wildman–Crippen LogP) is 4.40. The molecule has 0 unspecified atom stereocenters. The van der Waals surface area contributed by atoms with Crippen LogP contribution in [0.2, 0.25) is 5.02 Å². The molecule has 23 heavy (non-hydrogen) atoms. The van der Waals surface area contributed by atoms with Crippen molar-refractivity contribution in [2.75, 3.05) is 6.61 Å². The van der Waals surface area contributed by atoms with Gasteiger partial charge in [0.15, 0.2) is 4.80 Å². The van der Waals surface area contributed by atoms with E-state index in [4.69, 9.17) is 16.6 Å². The number of aliphatic hydroxyl groups excluding tert-OH is 1. The van der Waals surface area contributed by atoms with Crippen LogP contribution in [0.25, 0.3) is 11.3 Å². The van der Waals surface area contributed by atoms with E-state index < -0.39 is 0 Å². The topological polar surface area (TPSA) is 37.5 Å². The summed E-state index contributed by atoms with van der Waals surface area (Å²) < 4.78 is 2.01. The highest BCUT2D eigenvalue weighted by Gasteiger charge is 2.10. The van der Waals surface area contributed by atoms with Crippen LogP contribution < -0.4 is 4.80 Å². The van der Waals surface area contributed by atoms with E-state index in [1.807, 2.05) is 58.5 Å².